The summed E-state index contributed by atoms with van der Waals surface area (Å²) in [7, 11) is 0. The summed E-state index contributed by atoms with van der Waals surface area (Å²) in [5.74, 6) is 0. The zero-order valence-electron chi connectivity index (χ0n) is 28.2. The standard InChI is InChI=1S/C48H33N3/c1-31-40(32-13-5-2-6-14-32)28-44(33-15-7-3-8-16-33)50-48(31)43-30-49-29-37-25-36-22-21-34(26-41(36)47(37)43)35-23-24-46-42(27-35)39-19-11-12-20-45(39)51(46)38-17-9-4-10-18-38/h2-24,26-30H,25H2,1H3. The van der Waals surface area contributed by atoms with Gasteiger partial charge < -0.3 is 4.57 Å². The predicted octanol–water partition coefficient (Wildman–Crippen LogP) is 12.1. The van der Waals surface area contributed by atoms with Crippen LogP contribution in [0.3, 0.4) is 0 Å². The van der Waals surface area contributed by atoms with Gasteiger partial charge in [-0.3, -0.25) is 4.98 Å². The molecule has 0 aliphatic heterocycles. The molecule has 240 valence electrons. The molecule has 0 radical (unpaired) electrons. The number of aromatic nitrogens is 3. The normalized spacial score (nSPS) is 11.9. The molecule has 6 aromatic carbocycles. The predicted molar refractivity (Wildman–Crippen MR) is 211 cm³/mol. The quantitative estimate of drug-likeness (QED) is 0.185. The molecule has 3 heteroatoms. The van der Waals surface area contributed by atoms with Crippen molar-refractivity contribution >= 4 is 21.8 Å². The lowest BCUT2D eigenvalue weighted by Gasteiger charge is -2.17. The van der Waals surface area contributed by atoms with E-state index in [9.17, 15) is 0 Å². The summed E-state index contributed by atoms with van der Waals surface area (Å²) in [6, 6.07) is 56.6. The van der Waals surface area contributed by atoms with Gasteiger partial charge in [0.2, 0.25) is 0 Å². The van der Waals surface area contributed by atoms with E-state index in [-0.39, 0.29) is 0 Å². The summed E-state index contributed by atoms with van der Waals surface area (Å²) in [5.41, 5.74) is 18.7. The summed E-state index contributed by atoms with van der Waals surface area (Å²) in [6.45, 7) is 2.20. The van der Waals surface area contributed by atoms with E-state index in [0.29, 0.717) is 0 Å². The fourth-order valence-corrected chi connectivity index (χ4v) is 8.04. The first-order chi connectivity index (χ1) is 25.2. The SMILES string of the molecule is Cc1c(-c2ccccc2)cc(-c2ccccc2)nc1-c1cncc2c1-c1cc(-c3ccc4c(c3)c3ccccc3n4-c3ccccc3)ccc1C2. The Morgan fingerprint density at radius 3 is 1.96 bits per heavy atom. The van der Waals surface area contributed by atoms with Gasteiger partial charge in [-0.1, -0.05) is 115 Å². The highest BCUT2D eigenvalue weighted by Gasteiger charge is 2.26. The van der Waals surface area contributed by atoms with Crippen molar-refractivity contribution in [2.24, 2.45) is 0 Å². The molecule has 3 heterocycles. The van der Waals surface area contributed by atoms with Crippen LogP contribution in [0, 0.1) is 6.92 Å². The third-order valence-corrected chi connectivity index (χ3v) is 10.5. The van der Waals surface area contributed by atoms with Crippen LogP contribution in [0.1, 0.15) is 16.7 Å². The molecule has 1 aliphatic rings. The third kappa shape index (κ3) is 4.81. The first-order valence-corrected chi connectivity index (χ1v) is 17.5. The number of pyridine rings is 2. The molecule has 0 atom stereocenters. The van der Waals surface area contributed by atoms with Gasteiger partial charge in [-0.15, -0.1) is 0 Å². The van der Waals surface area contributed by atoms with Crippen LogP contribution in [0.25, 0.3) is 83.4 Å². The molecule has 0 bridgehead atoms. The highest BCUT2D eigenvalue weighted by molar-refractivity contribution is 6.10. The number of nitrogens with zero attached hydrogens (tertiary/aromatic N) is 3. The molecule has 3 nitrogen and oxygen atoms in total. The van der Waals surface area contributed by atoms with Gasteiger partial charge in [0.1, 0.15) is 0 Å². The van der Waals surface area contributed by atoms with E-state index in [2.05, 4.69) is 169 Å². The molecular weight excluding hydrogens is 619 g/mol. The molecule has 0 unspecified atom stereocenters. The molecule has 9 aromatic rings. The minimum Gasteiger partial charge on any atom is -0.309 e. The second-order valence-corrected chi connectivity index (χ2v) is 13.5. The molecule has 0 fully saturated rings. The Labute approximate surface area is 297 Å². The molecule has 0 amide bonds. The van der Waals surface area contributed by atoms with Crippen LogP contribution in [0.5, 0.6) is 0 Å². The van der Waals surface area contributed by atoms with Gasteiger partial charge in [0, 0.05) is 46.4 Å². The van der Waals surface area contributed by atoms with Crippen LogP contribution in [0.4, 0.5) is 0 Å². The largest absolute Gasteiger partial charge is 0.309 e. The number of benzene rings is 6. The van der Waals surface area contributed by atoms with Gasteiger partial charge in [-0.25, -0.2) is 4.98 Å². The first kappa shape index (κ1) is 29.3. The lowest BCUT2D eigenvalue weighted by atomic mass is 9.91. The van der Waals surface area contributed by atoms with Crippen molar-refractivity contribution in [1.82, 2.24) is 14.5 Å². The van der Waals surface area contributed by atoms with Crippen molar-refractivity contribution in [3.05, 3.63) is 187 Å². The second kappa shape index (κ2) is 11.8. The Balaban J connectivity index is 1.14. The van der Waals surface area contributed by atoms with Gasteiger partial charge in [0.15, 0.2) is 0 Å². The average molecular weight is 652 g/mol. The third-order valence-electron chi connectivity index (χ3n) is 10.5. The van der Waals surface area contributed by atoms with Crippen molar-refractivity contribution in [3.63, 3.8) is 0 Å². The van der Waals surface area contributed by atoms with Gasteiger partial charge >= 0.3 is 0 Å². The van der Waals surface area contributed by atoms with Crippen LogP contribution in [-0.2, 0) is 6.42 Å². The van der Waals surface area contributed by atoms with Crippen molar-refractivity contribution in [2.75, 3.05) is 0 Å². The Morgan fingerprint density at radius 1 is 0.490 bits per heavy atom. The van der Waals surface area contributed by atoms with E-state index in [1.807, 2.05) is 12.4 Å². The maximum atomic E-state index is 5.38. The molecule has 3 aromatic heterocycles. The molecular formula is C48H33N3. The van der Waals surface area contributed by atoms with Crippen LogP contribution in [0.2, 0.25) is 0 Å². The Bertz CT molecular complexity index is 2760. The Kier molecular flexibility index (Phi) is 6.78. The van der Waals surface area contributed by atoms with Crippen molar-refractivity contribution in [3.8, 4) is 61.6 Å². The Hall–Kier alpha value is -6.58. The van der Waals surface area contributed by atoms with Gasteiger partial charge in [0.25, 0.3) is 0 Å². The smallest absolute Gasteiger partial charge is 0.0766 e. The minimum atomic E-state index is 0.859. The van der Waals surface area contributed by atoms with Crippen molar-refractivity contribution in [2.45, 2.75) is 13.3 Å². The highest BCUT2D eigenvalue weighted by atomic mass is 15.0. The molecule has 0 N–H and O–H groups in total. The van der Waals surface area contributed by atoms with Crippen molar-refractivity contribution < 1.29 is 0 Å². The maximum Gasteiger partial charge on any atom is 0.0766 e. The summed E-state index contributed by atoms with van der Waals surface area (Å²) >= 11 is 0. The van der Waals surface area contributed by atoms with E-state index in [1.165, 1.54) is 72.0 Å². The number of fused-ring (bicyclic) bond motifs is 6. The van der Waals surface area contributed by atoms with Crippen LogP contribution >= 0.6 is 0 Å². The van der Waals surface area contributed by atoms with Gasteiger partial charge in [-0.05, 0) is 99.5 Å². The lowest BCUT2D eigenvalue weighted by molar-refractivity contribution is 1.18. The summed E-state index contributed by atoms with van der Waals surface area (Å²) < 4.78 is 2.37. The average Bonchev–Trinajstić information content (AvgIpc) is 3.74. The first-order valence-electron chi connectivity index (χ1n) is 17.5. The molecule has 0 saturated heterocycles. The summed E-state index contributed by atoms with van der Waals surface area (Å²) in [6.07, 6.45) is 4.92. The van der Waals surface area contributed by atoms with Gasteiger partial charge in [-0.2, -0.15) is 0 Å². The highest BCUT2D eigenvalue weighted by Crippen LogP contribution is 2.46. The second-order valence-electron chi connectivity index (χ2n) is 13.5. The number of hydrogen-bond acceptors (Lipinski definition) is 2. The fourth-order valence-electron chi connectivity index (χ4n) is 8.04. The molecule has 0 saturated carbocycles. The van der Waals surface area contributed by atoms with E-state index in [4.69, 9.17) is 9.97 Å². The Morgan fingerprint density at radius 2 is 1.16 bits per heavy atom. The van der Waals surface area contributed by atoms with E-state index in [1.54, 1.807) is 0 Å². The zero-order valence-corrected chi connectivity index (χ0v) is 28.2. The van der Waals surface area contributed by atoms with Crippen LogP contribution < -0.4 is 0 Å². The molecule has 0 spiro atoms. The topological polar surface area (TPSA) is 30.7 Å². The van der Waals surface area contributed by atoms with E-state index in [0.717, 1.165) is 34.5 Å². The molecule has 51 heavy (non-hydrogen) atoms. The summed E-state index contributed by atoms with van der Waals surface area (Å²) in [4.78, 5) is 10.2. The van der Waals surface area contributed by atoms with Crippen molar-refractivity contribution in [1.29, 1.82) is 0 Å². The minimum absolute atomic E-state index is 0.859. The summed E-state index contributed by atoms with van der Waals surface area (Å²) in [5, 5.41) is 2.51. The lowest BCUT2D eigenvalue weighted by Crippen LogP contribution is -1.98. The number of rotatable bonds is 5. The van der Waals surface area contributed by atoms with Crippen LogP contribution in [0.15, 0.2) is 170 Å². The molecule has 10 rings (SSSR count). The maximum absolute atomic E-state index is 5.38. The van der Waals surface area contributed by atoms with Gasteiger partial charge in [0.05, 0.1) is 22.4 Å². The zero-order chi connectivity index (χ0) is 33.9. The monoisotopic (exact) mass is 651 g/mol. The van der Waals surface area contributed by atoms with E-state index >= 15 is 0 Å². The fraction of sp³-hybridized carbons (Fsp3) is 0.0417. The number of para-hydroxylation sites is 2. The van der Waals surface area contributed by atoms with E-state index < -0.39 is 0 Å². The number of hydrogen-bond donors (Lipinski definition) is 0. The molecule has 1 aliphatic carbocycles. The van der Waals surface area contributed by atoms with Crippen LogP contribution in [-0.4, -0.2) is 14.5 Å².